The highest BCUT2D eigenvalue weighted by atomic mass is 35.5. The first-order valence-electron chi connectivity index (χ1n) is 3.88. The van der Waals surface area contributed by atoms with Crippen molar-refractivity contribution in [2.75, 3.05) is 18.1 Å². The number of carbonyl (C=O) groups excluding carboxylic acids is 1. The van der Waals surface area contributed by atoms with Gasteiger partial charge in [-0.15, -0.1) is 0 Å². The predicted molar refractivity (Wildman–Crippen MR) is 49.3 cm³/mol. The van der Waals surface area contributed by atoms with Crippen molar-refractivity contribution >= 4 is 29.3 Å². The van der Waals surface area contributed by atoms with E-state index in [1.807, 2.05) is 0 Å². The van der Waals surface area contributed by atoms with Crippen LogP contribution in [0.4, 0.5) is 8.78 Å². The summed E-state index contributed by atoms with van der Waals surface area (Å²) in [5.74, 6) is 0.115. The Morgan fingerprint density at radius 1 is 1.69 bits per heavy atom. The van der Waals surface area contributed by atoms with Crippen molar-refractivity contribution in [1.29, 1.82) is 0 Å². The van der Waals surface area contributed by atoms with Crippen molar-refractivity contribution in [1.82, 2.24) is 4.90 Å². The first kappa shape index (κ1) is 11.0. The summed E-state index contributed by atoms with van der Waals surface area (Å²) in [5, 5.41) is -3.75. The molecule has 1 aliphatic rings. The van der Waals surface area contributed by atoms with Gasteiger partial charge in [-0.1, -0.05) is 0 Å². The van der Waals surface area contributed by atoms with E-state index in [1.165, 1.54) is 0 Å². The fourth-order valence-corrected chi connectivity index (χ4v) is 2.31. The van der Waals surface area contributed by atoms with Gasteiger partial charge in [0.05, 0.1) is 0 Å². The van der Waals surface area contributed by atoms with Crippen LogP contribution < -0.4 is 0 Å². The molecule has 0 saturated carbocycles. The zero-order valence-electron chi connectivity index (χ0n) is 7.10. The third kappa shape index (κ3) is 2.71. The Kier molecular flexibility index (Phi) is 3.40. The van der Waals surface area contributed by atoms with Crippen LogP contribution in [-0.4, -0.2) is 40.3 Å². The van der Waals surface area contributed by atoms with Crippen LogP contribution in [0, 0.1) is 0 Å². The number of carbonyl (C=O) groups is 1. The van der Waals surface area contributed by atoms with E-state index in [9.17, 15) is 13.6 Å². The van der Waals surface area contributed by atoms with E-state index in [4.69, 9.17) is 0 Å². The summed E-state index contributed by atoms with van der Waals surface area (Å²) in [7, 11) is 0. The van der Waals surface area contributed by atoms with Crippen molar-refractivity contribution in [3.63, 3.8) is 0 Å². The predicted octanol–water partition coefficient (Wildman–Crippen LogP) is 1.78. The molecule has 0 aromatic rings. The minimum absolute atomic E-state index is 0.157. The number of halogens is 3. The van der Waals surface area contributed by atoms with Gasteiger partial charge in [0.25, 0.3) is 0 Å². The smallest absolute Gasteiger partial charge is 0.332 e. The first-order chi connectivity index (χ1) is 5.93. The minimum atomic E-state index is -3.75. The SMILES string of the molecule is CC1CSCCN1C(=O)C(F)(F)Cl. The molecule has 1 atom stereocenters. The molecule has 0 bridgehead atoms. The molecule has 76 valence electrons. The van der Waals surface area contributed by atoms with E-state index in [1.54, 1.807) is 18.7 Å². The van der Waals surface area contributed by atoms with E-state index in [2.05, 4.69) is 11.6 Å². The lowest BCUT2D eigenvalue weighted by atomic mass is 10.3. The molecule has 1 heterocycles. The van der Waals surface area contributed by atoms with Crippen molar-refractivity contribution in [3.05, 3.63) is 0 Å². The molecular weight excluding hydrogens is 220 g/mol. The number of amides is 1. The van der Waals surface area contributed by atoms with Crippen LogP contribution in [-0.2, 0) is 4.79 Å². The van der Waals surface area contributed by atoms with Gasteiger partial charge in [-0.25, -0.2) is 0 Å². The summed E-state index contributed by atoms with van der Waals surface area (Å²) in [5.41, 5.74) is 0. The highest BCUT2D eigenvalue weighted by Gasteiger charge is 2.41. The van der Waals surface area contributed by atoms with E-state index >= 15 is 0 Å². The van der Waals surface area contributed by atoms with Crippen LogP contribution >= 0.6 is 23.4 Å². The van der Waals surface area contributed by atoms with Crippen molar-refractivity contribution in [2.24, 2.45) is 0 Å². The highest BCUT2D eigenvalue weighted by Crippen LogP contribution is 2.26. The average Bonchev–Trinajstić information content (AvgIpc) is 2.02. The Morgan fingerprint density at radius 2 is 2.31 bits per heavy atom. The minimum Gasteiger partial charge on any atom is -0.332 e. The Labute approximate surface area is 84.6 Å². The highest BCUT2D eigenvalue weighted by molar-refractivity contribution is 7.99. The molecule has 0 aromatic heterocycles. The Hall–Kier alpha value is -0.0300. The molecule has 13 heavy (non-hydrogen) atoms. The van der Waals surface area contributed by atoms with Gasteiger partial charge in [0.15, 0.2) is 0 Å². The Morgan fingerprint density at radius 3 is 2.77 bits per heavy atom. The molecule has 1 fully saturated rings. The Balaban J connectivity index is 2.64. The van der Waals surface area contributed by atoms with E-state index in [-0.39, 0.29) is 6.04 Å². The van der Waals surface area contributed by atoms with E-state index < -0.39 is 11.3 Å². The quantitative estimate of drug-likeness (QED) is 0.639. The lowest BCUT2D eigenvalue weighted by Crippen LogP contribution is -2.49. The molecule has 0 radical (unpaired) electrons. The van der Waals surface area contributed by atoms with Gasteiger partial charge in [-0.3, -0.25) is 4.79 Å². The topological polar surface area (TPSA) is 20.3 Å². The molecule has 1 rings (SSSR count). The number of rotatable bonds is 1. The number of alkyl halides is 3. The maximum atomic E-state index is 12.4. The van der Waals surface area contributed by atoms with Crippen LogP contribution in [0.3, 0.4) is 0 Å². The van der Waals surface area contributed by atoms with Crippen molar-refractivity contribution < 1.29 is 13.6 Å². The van der Waals surface area contributed by atoms with Crippen LogP contribution in [0.1, 0.15) is 6.92 Å². The molecule has 0 N–H and O–H groups in total. The first-order valence-corrected chi connectivity index (χ1v) is 5.41. The second-order valence-electron chi connectivity index (χ2n) is 2.92. The van der Waals surface area contributed by atoms with Gasteiger partial charge in [-0.05, 0) is 18.5 Å². The molecular formula is C7H10ClF2NOS. The maximum Gasteiger partial charge on any atom is 0.399 e. The lowest BCUT2D eigenvalue weighted by molar-refractivity contribution is -0.148. The number of thioether (sulfide) groups is 1. The molecule has 0 aromatic carbocycles. The molecule has 2 nitrogen and oxygen atoms in total. The zero-order chi connectivity index (χ0) is 10.1. The van der Waals surface area contributed by atoms with Crippen LogP contribution in [0.15, 0.2) is 0 Å². The van der Waals surface area contributed by atoms with Gasteiger partial charge in [0, 0.05) is 24.1 Å². The van der Waals surface area contributed by atoms with Gasteiger partial charge in [-0.2, -0.15) is 20.5 Å². The average molecular weight is 230 g/mol. The molecule has 1 unspecified atom stereocenters. The fourth-order valence-electron chi connectivity index (χ4n) is 1.19. The Bertz CT molecular complexity index is 209. The van der Waals surface area contributed by atoms with Crippen LogP contribution in [0.25, 0.3) is 0 Å². The summed E-state index contributed by atoms with van der Waals surface area (Å²) in [6.45, 7) is 2.10. The molecule has 1 aliphatic heterocycles. The van der Waals surface area contributed by atoms with Gasteiger partial charge < -0.3 is 4.90 Å². The third-order valence-electron chi connectivity index (χ3n) is 1.87. The van der Waals surface area contributed by atoms with E-state index in [0.717, 1.165) is 4.90 Å². The fraction of sp³-hybridized carbons (Fsp3) is 0.857. The molecule has 1 amide bonds. The monoisotopic (exact) mass is 229 g/mol. The summed E-state index contributed by atoms with van der Waals surface area (Å²) < 4.78 is 24.9. The van der Waals surface area contributed by atoms with Crippen LogP contribution in [0.5, 0.6) is 0 Å². The normalized spacial score (nSPS) is 24.6. The largest absolute Gasteiger partial charge is 0.399 e. The summed E-state index contributed by atoms with van der Waals surface area (Å²) >= 11 is 6.30. The van der Waals surface area contributed by atoms with Crippen LogP contribution in [0.2, 0.25) is 0 Å². The molecule has 1 saturated heterocycles. The second-order valence-corrected chi connectivity index (χ2v) is 4.54. The maximum absolute atomic E-state index is 12.4. The number of hydrogen-bond donors (Lipinski definition) is 0. The van der Waals surface area contributed by atoms with Crippen molar-refractivity contribution in [2.45, 2.75) is 18.3 Å². The third-order valence-corrected chi connectivity index (χ3v) is 3.22. The summed E-state index contributed by atoms with van der Waals surface area (Å²) in [4.78, 5) is 12.2. The van der Waals surface area contributed by atoms with Gasteiger partial charge in [0.2, 0.25) is 0 Å². The zero-order valence-corrected chi connectivity index (χ0v) is 8.67. The van der Waals surface area contributed by atoms with Gasteiger partial charge in [0.1, 0.15) is 0 Å². The number of nitrogens with zero attached hydrogens (tertiary/aromatic N) is 1. The number of hydrogen-bond acceptors (Lipinski definition) is 2. The van der Waals surface area contributed by atoms with Gasteiger partial charge >= 0.3 is 11.3 Å². The standard InChI is InChI=1S/C7H10ClF2NOS/c1-5-4-13-3-2-11(5)6(12)7(8,9)10/h5H,2-4H2,1H3. The summed E-state index contributed by atoms with van der Waals surface area (Å²) in [6.07, 6.45) is 0. The molecule has 6 heteroatoms. The van der Waals surface area contributed by atoms with E-state index in [0.29, 0.717) is 18.1 Å². The lowest BCUT2D eigenvalue weighted by Gasteiger charge is -2.33. The molecule has 0 aliphatic carbocycles. The van der Waals surface area contributed by atoms with Crippen molar-refractivity contribution in [3.8, 4) is 0 Å². The molecule has 0 spiro atoms. The second kappa shape index (κ2) is 4.00. The summed E-state index contributed by atoms with van der Waals surface area (Å²) in [6, 6.07) is -0.157.